The Kier molecular flexibility index (Phi) is 5.98. The molecule has 0 saturated carbocycles. The van der Waals surface area contributed by atoms with Crippen LogP contribution in [0.15, 0.2) is 66.7 Å². The average molecular weight is 434 g/mol. The molecule has 1 amide bonds. The topological polar surface area (TPSA) is 117 Å². The fourth-order valence-electron chi connectivity index (χ4n) is 3.25. The van der Waals surface area contributed by atoms with Gasteiger partial charge >= 0.3 is 5.97 Å². The molecule has 0 saturated heterocycles. The number of anilines is 1. The lowest BCUT2D eigenvalue weighted by Gasteiger charge is -2.18. The van der Waals surface area contributed by atoms with Crippen molar-refractivity contribution >= 4 is 23.3 Å². The van der Waals surface area contributed by atoms with Gasteiger partial charge in [0.15, 0.2) is 18.1 Å². The standard InChI is InChI=1S/C23H18N2O7/c26-22(24-18-9-5-4-8-16(18)15-6-2-1-3-7-15)14-32-23(27)17-12-20-21(31-11-10-30-20)13-19(17)25(28)29/h1-9,12-13H,10-11,14H2,(H,24,26). The van der Waals surface area contributed by atoms with E-state index in [9.17, 15) is 19.7 Å². The summed E-state index contributed by atoms with van der Waals surface area (Å²) < 4.78 is 15.7. The van der Waals surface area contributed by atoms with Crippen molar-refractivity contribution in [3.8, 4) is 22.6 Å². The van der Waals surface area contributed by atoms with E-state index in [1.807, 2.05) is 42.5 Å². The SMILES string of the molecule is O=C(COC(=O)c1cc2c(cc1[N+](=O)[O-])OCCO2)Nc1ccccc1-c1ccccc1. The minimum absolute atomic E-state index is 0.176. The monoisotopic (exact) mass is 434 g/mol. The summed E-state index contributed by atoms with van der Waals surface area (Å²) in [7, 11) is 0. The predicted octanol–water partition coefficient (Wildman–Crippen LogP) is 3.83. The van der Waals surface area contributed by atoms with Crippen molar-refractivity contribution in [2.24, 2.45) is 0 Å². The molecular formula is C23H18N2O7. The predicted molar refractivity (Wildman–Crippen MR) is 115 cm³/mol. The van der Waals surface area contributed by atoms with Crippen LogP contribution >= 0.6 is 0 Å². The van der Waals surface area contributed by atoms with E-state index in [1.54, 1.807) is 12.1 Å². The molecule has 0 radical (unpaired) electrons. The van der Waals surface area contributed by atoms with Gasteiger partial charge in [-0.05, 0) is 11.6 Å². The summed E-state index contributed by atoms with van der Waals surface area (Å²) in [5, 5.41) is 14.1. The van der Waals surface area contributed by atoms with Gasteiger partial charge in [-0.1, -0.05) is 48.5 Å². The first-order chi connectivity index (χ1) is 15.5. The third-order valence-electron chi connectivity index (χ3n) is 4.70. The van der Waals surface area contributed by atoms with E-state index in [1.165, 1.54) is 6.07 Å². The summed E-state index contributed by atoms with van der Waals surface area (Å²) in [5.41, 5.74) is 1.44. The number of benzene rings is 3. The first kappa shape index (κ1) is 20.9. The van der Waals surface area contributed by atoms with Gasteiger partial charge in [-0.2, -0.15) is 0 Å². The number of esters is 1. The number of nitrogens with zero attached hydrogens (tertiary/aromatic N) is 1. The highest BCUT2D eigenvalue weighted by Crippen LogP contribution is 2.37. The quantitative estimate of drug-likeness (QED) is 0.356. The summed E-state index contributed by atoms with van der Waals surface area (Å²) in [6, 6.07) is 19.0. The minimum atomic E-state index is -1.01. The maximum absolute atomic E-state index is 12.5. The minimum Gasteiger partial charge on any atom is -0.486 e. The molecule has 162 valence electrons. The Labute approximate surface area is 182 Å². The fraction of sp³-hybridized carbons (Fsp3) is 0.130. The van der Waals surface area contributed by atoms with Crippen molar-refractivity contribution in [2.45, 2.75) is 0 Å². The fourth-order valence-corrected chi connectivity index (χ4v) is 3.25. The first-order valence-corrected chi connectivity index (χ1v) is 9.72. The van der Waals surface area contributed by atoms with Crippen LogP contribution < -0.4 is 14.8 Å². The molecule has 0 aliphatic carbocycles. The number of para-hydroxylation sites is 1. The molecule has 3 aromatic carbocycles. The summed E-state index contributed by atoms with van der Waals surface area (Å²) in [4.78, 5) is 35.6. The molecule has 1 heterocycles. The normalized spacial score (nSPS) is 12.0. The van der Waals surface area contributed by atoms with Gasteiger partial charge in [-0.3, -0.25) is 14.9 Å². The molecule has 32 heavy (non-hydrogen) atoms. The molecule has 0 spiro atoms. The number of carbonyl (C=O) groups is 2. The second-order valence-electron chi connectivity index (χ2n) is 6.81. The van der Waals surface area contributed by atoms with Crippen LogP contribution in [0.4, 0.5) is 11.4 Å². The summed E-state index contributed by atoms with van der Waals surface area (Å²) in [6.07, 6.45) is 0. The zero-order valence-corrected chi connectivity index (χ0v) is 16.8. The van der Waals surface area contributed by atoms with Crippen LogP contribution in [0.1, 0.15) is 10.4 Å². The van der Waals surface area contributed by atoms with Gasteiger partial charge in [-0.15, -0.1) is 0 Å². The van der Waals surface area contributed by atoms with Gasteiger partial charge in [0.2, 0.25) is 0 Å². The number of hydrogen-bond acceptors (Lipinski definition) is 7. The van der Waals surface area contributed by atoms with Crippen LogP contribution in [0, 0.1) is 10.1 Å². The maximum atomic E-state index is 12.5. The molecule has 0 bridgehead atoms. The van der Waals surface area contributed by atoms with Crippen LogP contribution in [-0.4, -0.2) is 36.6 Å². The van der Waals surface area contributed by atoms with Crippen molar-refractivity contribution in [1.29, 1.82) is 0 Å². The van der Waals surface area contributed by atoms with E-state index in [-0.39, 0.29) is 30.3 Å². The third kappa shape index (κ3) is 4.51. The van der Waals surface area contributed by atoms with Crippen molar-refractivity contribution < 1.29 is 28.7 Å². The Morgan fingerprint density at radius 1 is 0.969 bits per heavy atom. The van der Waals surface area contributed by atoms with Gasteiger partial charge < -0.3 is 19.5 Å². The number of nitro benzene ring substituents is 1. The van der Waals surface area contributed by atoms with Crippen LogP contribution in [0.2, 0.25) is 0 Å². The summed E-state index contributed by atoms with van der Waals surface area (Å²) in [6.45, 7) is -0.116. The van der Waals surface area contributed by atoms with Gasteiger partial charge in [0.05, 0.1) is 11.0 Å². The summed E-state index contributed by atoms with van der Waals surface area (Å²) in [5.74, 6) is -1.22. The third-order valence-corrected chi connectivity index (χ3v) is 4.70. The second-order valence-corrected chi connectivity index (χ2v) is 6.81. The summed E-state index contributed by atoms with van der Waals surface area (Å²) >= 11 is 0. The van der Waals surface area contributed by atoms with Gasteiger partial charge in [-0.25, -0.2) is 4.79 Å². The highest BCUT2D eigenvalue weighted by molar-refractivity contribution is 5.99. The molecule has 1 N–H and O–H groups in total. The van der Waals surface area contributed by atoms with Gasteiger partial charge in [0, 0.05) is 17.3 Å². The molecule has 0 atom stereocenters. The molecule has 9 heteroatoms. The zero-order chi connectivity index (χ0) is 22.5. The Balaban J connectivity index is 1.47. The van der Waals surface area contributed by atoms with Crippen LogP contribution in [-0.2, 0) is 9.53 Å². The van der Waals surface area contributed by atoms with Crippen molar-refractivity contribution in [3.63, 3.8) is 0 Å². The van der Waals surface area contributed by atoms with Gasteiger partial charge in [0.25, 0.3) is 11.6 Å². The molecule has 0 fully saturated rings. The highest BCUT2D eigenvalue weighted by Gasteiger charge is 2.27. The van der Waals surface area contributed by atoms with E-state index >= 15 is 0 Å². The Hall–Kier alpha value is -4.40. The van der Waals surface area contributed by atoms with Crippen molar-refractivity contribution in [2.75, 3.05) is 25.1 Å². The molecule has 9 nitrogen and oxygen atoms in total. The number of nitro groups is 1. The Bertz CT molecular complexity index is 1180. The molecule has 0 unspecified atom stereocenters. The zero-order valence-electron chi connectivity index (χ0n) is 16.8. The number of fused-ring (bicyclic) bond motifs is 1. The van der Waals surface area contributed by atoms with Crippen LogP contribution in [0.25, 0.3) is 11.1 Å². The lowest BCUT2D eigenvalue weighted by atomic mass is 10.0. The molecule has 0 aromatic heterocycles. The number of carbonyl (C=O) groups excluding carboxylic acids is 2. The van der Waals surface area contributed by atoms with E-state index in [4.69, 9.17) is 14.2 Å². The maximum Gasteiger partial charge on any atom is 0.345 e. The largest absolute Gasteiger partial charge is 0.486 e. The Morgan fingerprint density at radius 2 is 1.62 bits per heavy atom. The number of ether oxygens (including phenoxy) is 3. The average Bonchev–Trinajstić information content (AvgIpc) is 2.82. The van der Waals surface area contributed by atoms with E-state index in [2.05, 4.69) is 5.32 Å². The van der Waals surface area contributed by atoms with Crippen LogP contribution in [0.3, 0.4) is 0 Å². The highest BCUT2D eigenvalue weighted by atomic mass is 16.6. The van der Waals surface area contributed by atoms with E-state index in [0.29, 0.717) is 5.69 Å². The Morgan fingerprint density at radius 3 is 2.34 bits per heavy atom. The van der Waals surface area contributed by atoms with Gasteiger partial charge in [0.1, 0.15) is 18.8 Å². The van der Waals surface area contributed by atoms with E-state index in [0.717, 1.165) is 17.2 Å². The smallest absolute Gasteiger partial charge is 0.345 e. The van der Waals surface area contributed by atoms with Crippen molar-refractivity contribution in [3.05, 3.63) is 82.4 Å². The van der Waals surface area contributed by atoms with Crippen molar-refractivity contribution in [1.82, 2.24) is 0 Å². The second kappa shape index (κ2) is 9.17. The first-order valence-electron chi connectivity index (χ1n) is 9.72. The van der Waals surface area contributed by atoms with E-state index < -0.39 is 29.1 Å². The molecule has 3 aromatic rings. The number of nitrogens with one attached hydrogen (secondary N) is 1. The number of amides is 1. The van der Waals surface area contributed by atoms with Crippen LogP contribution in [0.5, 0.6) is 11.5 Å². The molecule has 1 aliphatic rings. The lowest BCUT2D eigenvalue weighted by Crippen LogP contribution is -2.22. The molecular weight excluding hydrogens is 416 g/mol. The lowest BCUT2D eigenvalue weighted by molar-refractivity contribution is -0.385. The number of hydrogen-bond donors (Lipinski definition) is 1. The number of rotatable bonds is 6. The molecule has 1 aliphatic heterocycles. The molecule has 4 rings (SSSR count).